The Balaban J connectivity index is 2.01. The largest absolute Gasteiger partial charge is 0.497 e. The van der Waals surface area contributed by atoms with Gasteiger partial charge in [0.15, 0.2) is 0 Å². The number of nitrogens with two attached hydrogens (primary N) is 1. The minimum absolute atomic E-state index is 0.0744. The van der Waals surface area contributed by atoms with E-state index in [-0.39, 0.29) is 5.54 Å². The number of benzene rings is 1. The first kappa shape index (κ1) is 13.4. The summed E-state index contributed by atoms with van der Waals surface area (Å²) in [6.07, 6.45) is 7.63. The van der Waals surface area contributed by atoms with Gasteiger partial charge in [-0.3, -0.25) is 0 Å². The Bertz CT molecular complexity index is 363. The molecule has 0 spiro atoms. The molecule has 2 heteroatoms. The Kier molecular flexibility index (Phi) is 4.28. The Labute approximate surface area is 111 Å². The smallest absolute Gasteiger partial charge is 0.118 e. The number of rotatable bonds is 4. The van der Waals surface area contributed by atoms with Crippen LogP contribution in [0.3, 0.4) is 0 Å². The highest BCUT2D eigenvalue weighted by Gasteiger charge is 2.31. The highest BCUT2D eigenvalue weighted by atomic mass is 16.5. The van der Waals surface area contributed by atoms with E-state index in [9.17, 15) is 0 Å². The third kappa shape index (κ3) is 3.26. The van der Waals surface area contributed by atoms with E-state index in [1.807, 2.05) is 12.1 Å². The van der Waals surface area contributed by atoms with Crippen LogP contribution in [0.4, 0.5) is 0 Å². The van der Waals surface area contributed by atoms with Crippen molar-refractivity contribution in [2.75, 3.05) is 7.11 Å². The Hall–Kier alpha value is -1.02. The van der Waals surface area contributed by atoms with Gasteiger partial charge < -0.3 is 10.5 Å². The Morgan fingerprint density at radius 3 is 2.33 bits per heavy atom. The van der Waals surface area contributed by atoms with E-state index in [0.717, 1.165) is 12.2 Å². The molecule has 0 saturated heterocycles. The van der Waals surface area contributed by atoms with E-state index in [4.69, 9.17) is 10.5 Å². The average molecular weight is 247 g/mol. The molecule has 0 bridgehead atoms. The molecular formula is C16H25NO. The van der Waals surface area contributed by atoms with Crippen LogP contribution in [-0.2, 0) is 6.42 Å². The van der Waals surface area contributed by atoms with Gasteiger partial charge in [-0.25, -0.2) is 0 Å². The third-order valence-electron chi connectivity index (χ3n) is 4.28. The summed E-state index contributed by atoms with van der Waals surface area (Å²) in [6.45, 7) is 2.22. The van der Waals surface area contributed by atoms with Crippen molar-refractivity contribution < 1.29 is 4.74 Å². The maximum Gasteiger partial charge on any atom is 0.118 e. The van der Waals surface area contributed by atoms with Crippen molar-refractivity contribution in [2.24, 2.45) is 11.7 Å². The summed E-state index contributed by atoms with van der Waals surface area (Å²) in [5.41, 5.74) is 7.80. The maximum atomic E-state index is 6.56. The average Bonchev–Trinajstić information content (AvgIpc) is 2.40. The molecule has 18 heavy (non-hydrogen) atoms. The van der Waals surface area contributed by atoms with Gasteiger partial charge in [0.1, 0.15) is 5.75 Å². The fraction of sp³-hybridized carbons (Fsp3) is 0.625. The van der Waals surface area contributed by atoms with Crippen molar-refractivity contribution >= 4 is 0 Å². The SMILES string of the molecule is COc1ccc(CC(C)(N)C2CCCCC2)cc1. The lowest BCUT2D eigenvalue weighted by Gasteiger charge is -2.37. The molecule has 0 aromatic heterocycles. The topological polar surface area (TPSA) is 35.2 Å². The minimum atomic E-state index is -0.0744. The first-order valence-corrected chi connectivity index (χ1v) is 7.03. The molecule has 1 atom stereocenters. The van der Waals surface area contributed by atoms with Crippen LogP contribution >= 0.6 is 0 Å². The van der Waals surface area contributed by atoms with E-state index in [0.29, 0.717) is 5.92 Å². The van der Waals surface area contributed by atoms with Gasteiger partial charge in [0.25, 0.3) is 0 Å². The number of ether oxygens (including phenoxy) is 1. The highest BCUT2D eigenvalue weighted by Crippen LogP contribution is 2.33. The third-order valence-corrected chi connectivity index (χ3v) is 4.28. The molecule has 0 amide bonds. The van der Waals surface area contributed by atoms with Gasteiger partial charge in [-0.1, -0.05) is 31.4 Å². The normalized spacial score (nSPS) is 20.4. The molecule has 2 nitrogen and oxygen atoms in total. The van der Waals surface area contributed by atoms with Gasteiger partial charge in [-0.2, -0.15) is 0 Å². The van der Waals surface area contributed by atoms with E-state index >= 15 is 0 Å². The lowest BCUT2D eigenvalue weighted by Crippen LogP contribution is -2.47. The van der Waals surface area contributed by atoms with Crippen molar-refractivity contribution in [3.05, 3.63) is 29.8 Å². The van der Waals surface area contributed by atoms with E-state index in [1.54, 1.807) is 7.11 Å². The van der Waals surface area contributed by atoms with Crippen molar-refractivity contribution in [1.29, 1.82) is 0 Å². The predicted octanol–water partition coefficient (Wildman–Crippen LogP) is 3.54. The quantitative estimate of drug-likeness (QED) is 0.883. The van der Waals surface area contributed by atoms with Gasteiger partial charge in [-0.15, -0.1) is 0 Å². The van der Waals surface area contributed by atoms with Crippen LogP contribution in [0.25, 0.3) is 0 Å². The summed E-state index contributed by atoms with van der Waals surface area (Å²) in [4.78, 5) is 0. The lowest BCUT2D eigenvalue weighted by atomic mass is 9.73. The standard InChI is InChI=1S/C16H25NO/c1-16(17,14-6-4-3-5-7-14)12-13-8-10-15(18-2)11-9-13/h8-11,14H,3-7,12,17H2,1-2H3. The fourth-order valence-electron chi connectivity index (χ4n) is 3.09. The predicted molar refractivity (Wildman–Crippen MR) is 75.9 cm³/mol. The van der Waals surface area contributed by atoms with Crippen molar-refractivity contribution in [3.8, 4) is 5.75 Å². The maximum absolute atomic E-state index is 6.56. The fourth-order valence-corrected chi connectivity index (χ4v) is 3.09. The first-order chi connectivity index (χ1) is 8.62. The molecule has 1 saturated carbocycles. The summed E-state index contributed by atoms with van der Waals surface area (Å²) < 4.78 is 5.18. The van der Waals surface area contributed by atoms with E-state index in [2.05, 4.69) is 19.1 Å². The molecule has 0 radical (unpaired) electrons. The number of methoxy groups -OCH3 is 1. The molecule has 0 aliphatic heterocycles. The lowest BCUT2D eigenvalue weighted by molar-refractivity contribution is 0.221. The van der Waals surface area contributed by atoms with Crippen LogP contribution in [0.2, 0.25) is 0 Å². The van der Waals surface area contributed by atoms with E-state index in [1.165, 1.54) is 37.7 Å². The van der Waals surface area contributed by atoms with Gasteiger partial charge in [0.2, 0.25) is 0 Å². The molecule has 100 valence electrons. The zero-order valence-corrected chi connectivity index (χ0v) is 11.6. The van der Waals surface area contributed by atoms with Crippen LogP contribution in [-0.4, -0.2) is 12.6 Å². The van der Waals surface area contributed by atoms with E-state index < -0.39 is 0 Å². The molecule has 1 aromatic rings. The van der Waals surface area contributed by atoms with Crippen molar-refractivity contribution in [3.63, 3.8) is 0 Å². The van der Waals surface area contributed by atoms with Gasteiger partial charge in [-0.05, 0) is 49.8 Å². The first-order valence-electron chi connectivity index (χ1n) is 7.03. The zero-order chi connectivity index (χ0) is 13.0. The summed E-state index contributed by atoms with van der Waals surface area (Å²) >= 11 is 0. The molecule has 1 unspecified atom stereocenters. The second kappa shape index (κ2) is 5.75. The van der Waals surface area contributed by atoms with Gasteiger partial charge in [0, 0.05) is 5.54 Å². The Morgan fingerprint density at radius 2 is 1.78 bits per heavy atom. The molecular weight excluding hydrogens is 222 g/mol. The molecule has 0 heterocycles. The second-order valence-electron chi connectivity index (χ2n) is 5.87. The summed E-state index contributed by atoms with van der Waals surface area (Å²) in [7, 11) is 1.70. The molecule has 1 aliphatic rings. The number of hydrogen-bond acceptors (Lipinski definition) is 2. The molecule has 2 rings (SSSR count). The molecule has 1 aliphatic carbocycles. The number of hydrogen-bond donors (Lipinski definition) is 1. The van der Waals surface area contributed by atoms with Crippen LogP contribution in [0, 0.1) is 5.92 Å². The van der Waals surface area contributed by atoms with Crippen LogP contribution < -0.4 is 10.5 Å². The summed E-state index contributed by atoms with van der Waals surface area (Å²) in [6, 6.07) is 8.30. The van der Waals surface area contributed by atoms with Gasteiger partial charge in [0.05, 0.1) is 7.11 Å². The van der Waals surface area contributed by atoms with Crippen LogP contribution in [0.5, 0.6) is 5.75 Å². The molecule has 2 N–H and O–H groups in total. The van der Waals surface area contributed by atoms with Gasteiger partial charge >= 0.3 is 0 Å². The van der Waals surface area contributed by atoms with Crippen LogP contribution in [0.1, 0.15) is 44.6 Å². The van der Waals surface area contributed by atoms with Crippen molar-refractivity contribution in [2.45, 2.75) is 51.0 Å². The second-order valence-corrected chi connectivity index (χ2v) is 5.87. The summed E-state index contributed by atoms with van der Waals surface area (Å²) in [5.74, 6) is 1.59. The van der Waals surface area contributed by atoms with Crippen LogP contribution in [0.15, 0.2) is 24.3 Å². The Morgan fingerprint density at radius 1 is 1.17 bits per heavy atom. The molecule has 1 fully saturated rings. The summed E-state index contributed by atoms with van der Waals surface area (Å²) in [5, 5.41) is 0. The zero-order valence-electron chi connectivity index (χ0n) is 11.6. The van der Waals surface area contributed by atoms with Crippen molar-refractivity contribution in [1.82, 2.24) is 0 Å². The minimum Gasteiger partial charge on any atom is -0.497 e. The molecule has 1 aromatic carbocycles. The highest BCUT2D eigenvalue weighted by molar-refractivity contribution is 5.28. The monoisotopic (exact) mass is 247 g/mol.